The van der Waals surface area contributed by atoms with E-state index in [4.69, 9.17) is 15.9 Å². The van der Waals surface area contributed by atoms with Crippen LogP contribution in [0.15, 0.2) is 6.07 Å². The topological polar surface area (TPSA) is 124 Å². The number of carboxylic acid groups (broad SMARTS) is 1. The zero-order valence-electron chi connectivity index (χ0n) is 7.77. The van der Waals surface area contributed by atoms with Crippen LogP contribution in [0.5, 0.6) is 17.2 Å². The maximum Gasteiger partial charge on any atom is 0.336 e. The van der Waals surface area contributed by atoms with E-state index >= 15 is 0 Å². The fourth-order valence-corrected chi connectivity index (χ4v) is 1.27. The summed E-state index contributed by atoms with van der Waals surface area (Å²) in [4.78, 5) is 10.8. The van der Waals surface area contributed by atoms with Crippen LogP contribution in [0.4, 0.5) is 0 Å². The number of aromatic carboxylic acids is 1. The van der Waals surface area contributed by atoms with Crippen LogP contribution in [0.2, 0.25) is 0 Å². The van der Waals surface area contributed by atoms with E-state index in [0.717, 1.165) is 6.07 Å². The molecule has 82 valence electrons. The van der Waals surface area contributed by atoms with Gasteiger partial charge in [-0.25, -0.2) is 4.79 Å². The zero-order valence-corrected chi connectivity index (χ0v) is 7.77. The Kier molecular flexibility index (Phi) is 3.01. The molecule has 0 radical (unpaired) electrons. The first-order chi connectivity index (χ1) is 6.99. The number of aromatic hydroxyl groups is 3. The van der Waals surface area contributed by atoms with E-state index in [1.807, 2.05) is 0 Å². The van der Waals surface area contributed by atoms with E-state index in [1.165, 1.54) is 0 Å². The Balaban J connectivity index is 3.43. The largest absolute Gasteiger partial charge is 0.504 e. The molecule has 1 rings (SSSR count). The van der Waals surface area contributed by atoms with Gasteiger partial charge in [0.1, 0.15) is 0 Å². The van der Waals surface area contributed by atoms with Crippen molar-refractivity contribution >= 4 is 5.97 Å². The molecule has 1 aromatic carbocycles. The normalized spacial score (nSPS) is 10.2. The molecule has 0 bridgehead atoms. The Morgan fingerprint density at radius 3 is 2.33 bits per heavy atom. The van der Waals surface area contributed by atoms with Gasteiger partial charge in [-0.2, -0.15) is 0 Å². The fraction of sp³-hybridized carbons (Fsp3) is 0.222. The lowest BCUT2D eigenvalue weighted by molar-refractivity contribution is 0.0694. The number of benzene rings is 1. The van der Waals surface area contributed by atoms with Gasteiger partial charge in [0.2, 0.25) is 5.75 Å². The molecule has 6 heteroatoms. The SMILES string of the molecule is NCCc1c(C(=O)O)cc(O)c(O)c1O. The van der Waals surface area contributed by atoms with Crippen molar-refractivity contribution < 1.29 is 25.2 Å². The molecule has 0 heterocycles. The van der Waals surface area contributed by atoms with Gasteiger partial charge in [-0.1, -0.05) is 0 Å². The highest BCUT2D eigenvalue weighted by molar-refractivity contribution is 5.91. The van der Waals surface area contributed by atoms with Crippen molar-refractivity contribution in [3.05, 3.63) is 17.2 Å². The zero-order chi connectivity index (χ0) is 11.6. The Morgan fingerprint density at radius 1 is 1.27 bits per heavy atom. The summed E-state index contributed by atoms with van der Waals surface area (Å²) < 4.78 is 0. The van der Waals surface area contributed by atoms with Gasteiger partial charge < -0.3 is 26.2 Å². The molecular formula is C9H11NO5. The van der Waals surface area contributed by atoms with Gasteiger partial charge in [0.15, 0.2) is 11.5 Å². The minimum absolute atomic E-state index is 0.0142. The van der Waals surface area contributed by atoms with Crippen molar-refractivity contribution in [2.24, 2.45) is 5.73 Å². The van der Waals surface area contributed by atoms with Gasteiger partial charge in [-0.3, -0.25) is 0 Å². The lowest BCUT2D eigenvalue weighted by atomic mass is 10.0. The first-order valence-corrected chi connectivity index (χ1v) is 4.19. The van der Waals surface area contributed by atoms with Crippen molar-refractivity contribution in [1.29, 1.82) is 0 Å². The molecule has 0 aliphatic rings. The van der Waals surface area contributed by atoms with E-state index in [1.54, 1.807) is 0 Å². The minimum atomic E-state index is -1.30. The molecule has 0 saturated carbocycles. The van der Waals surface area contributed by atoms with Crippen molar-refractivity contribution in [2.75, 3.05) is 6.54 Å². The predicted octanol–water partition coefficient (Wildman–Crippen LogP) is 0.00280. The average molecular weight is 213 g/mol. The molecule has 0 aliphatic carbocycles. The second-order valence-corrected chi connectivity index (χ2v) is 2.96. The quantitative estimate of drug-likeness (QED) is 0.450. The standard InChI is InChI=1S/C9H11NO5/c10-2-1-4-5(9(14)15)3-6(11)8(13)7(4)12/h3,11-13H,1-2,10H2,(H,14,15). The van der Waals surface area contributed by atoms with Gasteiger partial charge in [0.25, 0.3) is 0 Å². The van der Waals surface area contributed by atoms with Crippen LogP contribution in [0.25, 0.3) is 0 Å². The molecule has 6 nitrogen and oxygen atoms in total. The van der Waals surface area contributed by atoms with Gasteiger partial charge in [-0.05, 0) is 19.0 Å². The number of phenols is 3. The van der Waals surface area contributed by atoms with Gasteiger partial charge >= 0.3 is 5.97 Å². The molecule has 0 aliphatic heterocycles. The number of nitrogens with two attached hydrogens (primary N) is 1. The highest BCUT2D eigenvalue weighted by atomic mass is 16.4. The van der Waals surface area contributed by atoms with E-state index in [0.29, 0.717) is 0 Å². The number of phenolic OH excluding ortho intramolecular Hbond substituents is 3. The van der Waals surface area contributed by atoms with E-state index in [9.17, 15) is 15.0 Å². The molecule has 0 unspecified atom stereocenters. The molecule has 0 fully saturated rings. The second kappa shape index (κ2) is 4.05. The average Bonchev–Trinajstić information content (AvgIpc) is 2.18. The number of hydrogen-bond acceptors (Lipinski definition) is 5. The lowest BCUT2D eigenvalue weighted by Gasteiger charge is -2.10. The van der Waals surface area contributed by atoms with Crippen molar-refractivity contribution in [3.8, 4) is 17.2 Å². The van der Waals surface area contributed by atoms with E-state index in [2.05, 4.69) is 0 Å². The number of hydrogen-bond donors (Lipinski definition) is 5. The smallest absolute Gasteiger partial charge is 0.336 e. The van der Waals surface area contributed by atoms with Crippen LogP contribution in [0.1, 0.15) is 15.9 Å². The number of carboxylic acids is 1. The van der Waals surface area contributed by atoms with Crippen LogP contribution < -0.4 is 5.73 Å². The van der Waals surface area contributed by atoms with Gasteiger partial charge in [0, 0.05) is 5.56 Å². The maximum atomic E-state index is 10.8. The van der Waals surface area contributed by atoms with E-state index < -0.39 is 23.2 Å². The van der Waals surface area contributed by atoms with Gasteiger partial charge in [0.05, 0.1) is 5.56 Å². The van der Waals surface area contributed by atoms with Gasteiger partial charge in [-0.15, -0.1) is 0 Å². The molecule has 0 saturated heterocycles. The Bertz CT molecular complexity index is 402. The fourth-order valence-electron chi connectivity index (χ4n) is 1.27. The molecule has 6 N–H and O–H groups in total. The van der Waals surface area contributed by atoms with Crippen LogP contribution in [0, 0.1) is 0 Å². The summed E-state index contributed by atoms with van der Waals surface area (Å²) in [5, 5.41) is 36.5. The minimum Gasteiger partial charge on any atom is -0.504 e. The molecule has 0 atom stereocenters. The van der Waals surface area contributed by atoms with Crippen molar-refractivity contribution in [2.45, 2.75) is 6.42 Å². The Labute approximate surface area is 85.2 Å². The molecule has 0 aromatic heterocycles. The summed E-state index contributed by atoms with van der Waals surface area (Å²) in [5.41, 5.74) is 4.98. The second-order valence-electron chi connectivity index (χ2n) is 2.96. The third kappa shape index (κ3) is 1.94. The Hall–Kier alpha value is -1.95. The van der Waals surface area contributed by atoms with Crippen LogP contribution in [0.3, 0.4) is 0 Å². The molecule has 1 aromatic rings. The summed E-state index contributed by atoms with van der Waals surface area (Å²) in [6.07, 6.45) is 0.0985. The molecular weight excluding hydrogens is 202 g/mol. The summed E-state index contributed by atoms with van der Waals surface area (Å²) in [6, 6.07) is 0.877. The summed E-state index contributed by atoms with van der Waals surface area (Å²) >= 11 is 0. The number of carbonyl (C=O) groups is 1. The highest BCUT2D eigenvalue weighted by Crippen LogP contribution is 2.39. The molecule has 0 spiro atoms. The first-order valence-electron chi connectivity index (χ1n) is 4.19. The predicted molar refractivity (Wildman–Crippen MR) is 51.2 cm³/mol. The van der Waals surface area contributed by atoms with Crippen LogP contribution in [-0.2, 0) is 6.42 Å². The van der Waals surface area contributed by atoms with Crippen LogP contribution in [-0.4, -0.2) is 32.9 Å². The maximum absolute atomic E-state index is 10.8. The summed E-state index contributed by atoms with van der Waals surface area (Å²) in [6.45, 7) is 0.123. The third-order valence-electron chi connectivity index (χ3n) is 1.98. The van der Waals surface area contributed by atoms with Crippen molar-refractivity contribution in [1.82, 2.24) is 0 Å². The summed E-state index contributed by atoms with van der Waals surface area (Å²) in [5.74, 6) is -3.35. The molecule has 0 amide bonds. The first kappa shape index (κ1) is 11.1. The van der Waals surface area contributed by atoms with E-state index in [-0.39, 0.29) is 24.1 Å². The number of rotatable bonds is 3. The highest BCUT2D eigenvalue weighted by Gasteiger charge is 2.20. The Morgan fingerprint density at radius 2 is 1.87 bits per heavy atom. The lowest BCUT2D eigenvalue weighted by Crippen LogP contribution is -2.09. The monoisotopic (exact) mass is 213 g/mol. The van der Waals surface area contributed by atoms with Crippen molar-refractivity contribution in [3.63, 3.8) is 0 Å². The third-order valence-corrected chi connectivity index (χ3v) is 1.98. The van der Waals surface area contributed by atoms with Crippen LogP contribution >= 0.6 is 0 Å². The summed E-state index contributed by atoms with van der Waals surface area (Å²) in [7, 11) is 0. The molecule has 15 heavy (non-hydrogen) atoms.